The van der Waals surface area contributed by atoms with Gasteiger partial charge in [-0.1, -0.05) is 18.2 Å². The highest BCUT2D eigenvalue weighted by atomic mass is 32.1. The van der Waals surface area contributed by atoms with Crippen LogP contribution < -0.4 is 4.74 Å². The number of benzene rings is 1. The summed E-state index contributed by atoms with van der Waals surface area (Å²) in [5, 5.41) is 2.40. The van der Waals surface area contributed by atoms with Crippen LogP contribution in [-0.4, -0.2) is 17.4 Å². The highest BCUT2D eigenvalue weighted by Crippen LogP contribution is 2.11. The van der Waals surface area contributed by atoms with Crippen LogP contribution in [0.3, 0.4) is 0 Å². The number of carbonyl (C=O) groups excluding carboxylic acids is 1. The van der Waals surface area contributed by atoms with Crippen molar-refractivity contribution in [3.63, 3.8) is 0 Å². The van der Waals surface area contributed by atoms with Crippen molar-refractivity contribution in [1.29, 1.82) is 0 Å². The molecule has 0 bridgehead atoms. The van der Waals surface area contributed by atoms with Gasteiger partial charge >= 0.3 is 0 Å². The summed E-state index contributed by atoms with van der Waals surface area (Å²) in [5.41, 5.74) is 0. The topological polar surface area (TPSA) is 39.2 Å². The van der Waals surface area contributed by atoms with E-state index in [1.165, 1.54) is 11.3 Å². The van der Waals surface area contributed by atoms with Crippen LogP contribution in [0.1, 0.15) is 22.6 Å². The number of rotatable bonds is 6. The highest BCUT2D eigenvalue weighted by Gasteiger charge is 2.07. The Labute approximate surface area is 104 Å². The van der Waals surface area contributed by atoms with Gasteiger partial charge in [0.1, 0.15) is 5.75 Å². The zero-order valence-electron chi connectivity index (χ0n) is 9.33. The largest absolute Gasteiger partial charge is 0.494 e. The van der Waals surface area contributed by atoms with Gasteiger partial charge in [0.25, 0.3) is 0 Å². The normalized spacial score (nSPS) is 10.1. The Morgan fingerprint density at radius 1 is 1.29 bits per heavy atom. The SMILES string of the molecule is O=C(CCCOc1ccccc1)c1nccs1. The average molecular weight is 247 g/mol. The molecule has 0 amide bonds. The van der Waals surface area contributed by atoms with Gasteiger partial charge in [-0.15, -0.1) is 11.3 Å². The minimum absolute atomic E-state index is 0.0941. The van der Waals surface area contributed by atoms with Crippen molar-refractivity contribution in [3.8, 4) is 5.75 Å². The van der Waals surface area contributed by atoms with Gasteiger partial charge in [-0.05, 0) is 18.6 Å². The smallest absolute Gasteiger partial charge is 0.191 e. The summed E-state index contributed by atoms with van der Waals surface area (Å²) in [5.74, 6) is 0.936. The molecule has 0 atom stereocenters. The Morgan fingerprint density at radius 3 is 2.82 bits per heavy atom. The lowest BCUT2D eigenvalue weighted by molar-refractivity contribution is 0.0973. The molecule has 88 valence electrons. The van der Waals surface area contributed by atoms with E-state index in [1.54, 1.807) is 6.20 Å². The summed E-state index contributed by atoms with van der Waals surface area (Å²) in [6, 6.07) is 9.61. The van der Waals surface area contributed by atoms with Gasteiger partial charge in [0.05, 0.1) is 6.61 Å². The third-order valence-corrected chi connectivity index (χ3v) is 3.05. The van der Waals surface area contributed by atoms with Gasteiger partial charge in [-0.25, -0.2) is 4.98 Å². The Bertz CT molecular complexity index is 454. The number of carbonyl (C=O) groups is 1. The van der Waals surface area contributed by atoms with Gasteiger partial charge < -0.3 is 4.74 Å². The summed E-state index contributed by atoms with van der Waals surface area (Å²) >= 11 is 1.38. The molecule has 2 aromatic rings. The minimum atomic E-state index is 0.0941. The molecule has 2 rings (SSSR count). The summed E-state index contributed by atoms with van der Waals surface area (Å²) in [6.45, 7) is 0.557. The minimum Gasteiger partial charge on any atom is -0.494 e. The summed E-state index contributed by atoms with van der Waals surface area (Å²) in [4.78, 5) is 15.6. The van der Waals surface area contributed by atoms with E-state index in [0.717, 1.165) is 5.75 Å². The second kappa shape index (κ2) is 6.15. The van der Waals surface area contributed by atoms with Gasteiger partial charge in [0.15, 0.2) is 10.8 Å². The number of aromatic nitrogens is 1. The number of hydrogen-bond acceptors (Lipinski definition) is 4. The number of ketones is 1. The lowest BCUT2D eigenvalue weighted by atomic mass is 10.2. The first-order chi connectivity index (χ1) is 8.36. The zero-order chi connectivity index (χ0) is 11.9. The first kappa shape index (κ1) is 11.8. The van der Waals surface area contributed by atoms with E-state index < -0.39 is 0 Å². The second-order valence-corrected chi connectivity index (χ2v) is 4.42. The van der Waals surface area contributed by atoms with E-state index in [4.69, 9.17) is 4.74 Å². The summed E-state index contributed by atoms with van der Waals surface area (Å²) in [6.07, 6.45) is 2.85. The van der Waals surface area contributed by atoms with Crippen molar-refractivity contribution in [2.75, 3.05) is 6.61 Å². The quantitative estimate of drug-likeness (QED) is 0.581. The van der Waals surface area contributed by atoms with Crippen LogP contribution in [0.25, 0.3) is 0 Å². The number of para-hydroxylation sites is 1. The van der Waals surface area contributed by atoms with E-state index >= 15 is 0 Å². The number of Topliss-reactive ketones (excluding diaryl/α,β-unsaturated/α-hetero) is 1. The first-order valence-electron chi connectivity index (χ1n) is 5.47. The Morgan fingerprint density at radius 2 is 2.12 bits per heavy atom. The molecule has 4 heteroatoms. The molecule has 0 unspecified atom stereocenters. The number of hydrogen-bond donors (Lipinski definition) is 0. The van der Waals surface area contributed by atoms with Gasteiger partial charge in [-0.2, -0.15) is 0 Å². The summed E-state index contributed by atoms with van der Waals surface area (Å²) < 4.78 is 5.50. The van der Waals surface area contributed by atoms with Crippen molar-refractivity contribution in [2.45, 2.75) is 12.8 Å². The first-order valence-corrected chi connectivity index (χ1v) is 6.35. The molecular weight excluding hydrogens is 234 g/mol. The fraction of sp³-hybridized carbons (Fsp3) is 0.231. The number of nitrogens with zero attached hydrogens (tertiary/aromatic N) is 1. The van der Waals surface area contributed by atoms with Crippen LogP contribution >= 0.6 is 11.3 Å². The molecule has 17 heavy (non-hydrogen) atoms. The molecule has 3 nitrogen and oxygen atoms in total. The lowest BCUT2D eigenvalue weighted by Crippen LogP contribution is -2.03. The fourth-order valence-electron chi connectivity index (χ4n) is 1.41. The van der Waals surface area contributed by atoms with Crippen molar-refractivity contribution in [2.24, 2.45) is 0 Å². The monoisotopic (exact) mass is 247 g/mol. The van der Waals surface area contributed by atoms with E-state index in [0.29, 0.717) is 24.5 Å². The molecule has 0 aliphatic carbocycles. The molecule has 1 heterocycles. The van der Waals surface area contributed by atoms with Crippen molar-refractivity contribution in [1.82, 2.24) is 4.98 Å². The molecular formula is C13H13NO2S. The molecule has 0 aliphatic heterocycles. The third kappa shape index (κ3) is 3.67. The van der Waals surface area contributed by atoms with Crippen LogP contribution in [0.5, 0.6) is 5.75 Å². The van der Waals surface area contributed by atoms with Crippen LogP contribution in [0.2, 0.25) is 0 Å². The maximum atomic E-state index is 11.6. The van der Waals surface area contributed by atoms with Crippen LogP contribution in [0, 0.1) is 0 Å². The van der Waals surface area contributed by atoms with Crippen molar-refractivity contribution >= 4 is 17.1 Å². The van der Waals surface area contributed by atoms with Gasteiger partial charge in [0.2, 0.25) is 0 Å². The average Bonchev–Trinajstić information content (AvgIpc) is 2.89. The molecule has 1 aromatic carbocycles. The Balaban J connectivity index is 1.69. The molecule has 1 aromatic heterocycles. The second-order valence-electron chi connectivity index (χ2n) is 3.53. The van der Waals surface area contributed by atoms with Crippen LogP contribution in [0.15, 0.2) is 41.9 Å². The van der Waals surface area contributed by atoms with Crippen molar-refractivity contribution in [3.05, 3.63) is 46.9 Å². The summed E-state index contributed by atoms with van der Waals surface area (Å²) in [7, 11) is 0. The highest BCUT2D eigenvalue weighted by molar-refractivity contribution is 7.11. The van der Waals surface area contributed by atoms with E-state index in [-0.39, 0.29) is 5.78 Å². The standard InChI is InChI=1S/C13H13NO2S/c15-12(13-14-8-10-17-13)7-4-9-16-11-5-2-1-3-6-11/h1-3,5-6,8,10H,4,7,9H2. The number of ether oxygens (including phenoxy) is 1. The van der Waals surface area contributed by atoms with E-state index in [9.17, 15) is 4.79 Å². The molecule has 0 saturated heterocycles. The van der Waals surface area contributed by atoms with Gasteiger partial charge in [-0.3, -0.25) is 4.79 Å². The zero-order valence-corrected chi connectivity index (χ0v) is 10.2. The maximum absolute atomic E-state index is 11.6. The molecule has 0 saturated carbocycles. The van der Waals surface area contributed by atoms with E-state index in [2.05, 4.69) is 4.98 Å². The maximum Gasteiger partial charge on any atom is 0.191 e. The van der Waals surface area contributed by atoms with Crippen molar-refractivity contribution < 1.29 is 9.53 Å². The Hall–Kier alpha value is -1.68. The third-order valence-electron chi connectivity index (χ3n) is 2.23. The Kier molecular flexibility index (Phi) is 4.27. The molecule has 0 N–H and O–H groups in total. The van der Waals surface area contributed by atoms with Crippen LogP contribution in [0.4, 0.5) is 0 Å². The molecule has 0 radical (unpaired) electrons. The number of thiazole rings is 1. The fourth-order valence-corrected chi connectivity index (χ4v) is 2.01. The molecule has 0 fully saturated rings. The molecule has 0 spiro atoms. The molecule has 0 aliphatic rings. The van der Waals surface area contributed by atoms with E-state index in [1.807, 2.05) is 35.7 Å². The van der Waals surface area contributed by atoms with Gasteiger partial charge in [0, 0.05) is 18.0 Å². The predicted octanol–water partition coefficient (Wildman–Crippen LogP) is 3.19. The van der Waals surface area contributed by atoms with Crippen LogP contribution in [-0.2, 0) is 0 Å². The predicted molar refractivity (Wildman–Crippen MR) is 67.6 cm³/mol. The lowest BCUT2D eigenvalue weighted by Gasteiger charge is -2.04.